The summed E-state index contributed by atoms with van der Waals surface area (Å²) in [6.07, 6.45) is -0.0141. The first-order valence-corrected chi connectivity index (χ1v) is 11.6. The fourth-order valence-electron chi connectivity index (χ4n) is 4.14. The topological polar surface area (TPSA) is 99.9 Å². The maximum atomic E-state index is 13.3. The van der Waals surface area contributed by atoms with Crippen molar-refractivity contribution in [3.05, 3.63) is 95.1 Å². The number of ketones is 1. The molecule has 1 aliphatic rings. The largest absolute Gasteiger partial charge is 0.507 e. The van der Waals surface area contributed by atoms with Crippen molar-refractivity contribution in [1.82, 2.24) is 0 Å². The van der Waals surface area contributed by atoms with Crippen molar-refractivity contribution in [2.75, 3.05) is 11.5 Å². The second-order valence-corrected chi connectivity index (χ2v) is 8.52. The van der Waals surface area contributed by atoms with Crippen LogP contribution < -0.4 is 14.4 Å². The minimum Gasteiger partial charge on any atom is -0.507 e. The number of amides is 1. The molecular weight excluding hydrogens is 456 g/mol. The zero-order chi connectivity index (χ0) is 25.8. The summed E-state index contributed by atoms with van der Waals surface area (Å²) in [7, 11) is 0. The highest BCUT2D eigenvalue weighted by Gasteiger charge is 2.47. The Morgan fingerprint density at radius 1 is 0.972 bits per heavy atom. The number of benzene rings is 3. The van der Waals surface area contributed by atoms with Gasteiger partial charge in [-0.05, 0) is 87.0 Å². The Bertz CT molecular complexity index is 1330. The van der Waals surface area contributed by atoms with Crippen LogP contribution >= 0.6 is 0 Å². The molecule has 7 nitrogen and oxygen atoms in total. The van der Waals surface area contributed by atoms with Gasteiger partial charge in [-0.2, -0.15) is 5.26 Å². The van der Waals surface area contributed by atoms with Crippen LogP contribution in [0.1, 0.15) is 43.5 Å². The molecule has 1 heterocycles. The van der Waals surface area contributed by atoms with E-state index in [0.717, 1.165) is 0 Å². The lowest BCUT2D eigenvalue weighted by Gasteiger charge is -2.25. The minimum absolute atomic E-state index is 0.0141. The summed E-state index contributed by atoms with van der Waals surface area (Å²) in [5, 5.41) is 20.4. The van der Waals surface area contributed by atoms with E-state index in [-0.39, 0.29) is 17.4 Å². The van der Waals surface area contributed by atoms with Gasteiger partial charge in [0.1, 0.15) is 17.3 Å². The first-order chi connectivity index (χ1) is 17.3. The van der Waals surface area contributed by atoms with Gasteiger partial charge >= 0.3 is 0 Å². The number of rotatable bonds is 7. The van der Waals surface area contributed by atoms with Crippen LogP contribution in [0.15, 0.2) is 78.4 Å². The first kappa shape index (κ1) is 24.6. The highest BCUT2D eigenvalue weighted by Crippen LogP contribution is 2.42. The van der Waals surface area contributed by atoms with Crippen LogP contribution in [0.4, 0.5) is 5.69 Å². The molecule has 36 heavy (non-hydrogen) atoms. The van der Waals surface area contributed by atoms with E-state index < -0.39 is 17.7 Å². The van der Waals surface area contributed by atoms with Crippen molar-refractivity contribution in [3.8, 4) is 17.6 Å². The van der Waals surface area contributed by atoms with Gasteiger partial charge in [-0.1, -0.05) is 12.1 Å². The third-order valence-corrected chi connectivity index (χ3v) is 5.73. The average Bonchev–Trinajstić information content (AvgIpc) is 3.14. The smallest absolute Gasteiger partial charge is 0.300 e. The number of Topliss-reactive ketones (excluding diaryl/α,β-unsaturated/α-hetero) is 1. The van der Waals surface area contributed by atoms with Crippen LogP contribution in [0, 0.1) is 11.3 Å². The molecular formula is C29H26N2O5. The fraction of sp³-hybridized carbons (Fsp3) is 0.207. The fourth-order valence-corrected chi connectivity index (χ4v) is 4.14. The second-order valence-electron chi connectivity index (χ2n) is 8.52. The first-order valence-electron chi connectivity index (χ1n) is 11.6. The standard InChI is InChI=1S/C29H26N2O5/c1-4-35-23-13-9-21(10-14-23)27(32)25-26(20-7-15-24(16-8-20)36-18(2)3)31(29(34)28(25)33)22-11-5-19(17-30)6-12-22/h5-16,18,26,32H,4H2,1-3H3/b27-25+. The van der Waals surface area contributed by atoms with Crippen LogP contribution in [0.3, 0.4) is 0 Å². The Labute approximate surface area is 209 Å². The lowest BCUT2D eigenvalue weighted by Crippen LogP contribution is -2.29. The Morgan fingerprint density at radius 2 is 1.58 bits per heavy atom. The van der Waals surface area contributed by atoms with E-state index in [4.69, 9.17) is 14.7 Å². The lowest BCUT2D eigenvalue weighted by molar-refractivity contribution is -0.132. The summed E-state index contributed by atoms with van der Waals surface area (Å²) in [5.74, 6) is -0.557. The Morgan fingerprint density at radius 3 is 2.14 bits per heavy atom. The quantitative estimate of drug-likeness (QED) is 0.276. The van der Waals surface area contributed by atoms with Crippen molar-refractivity contribution in [3.63, 3.8) is 0 Å². The van der Waals surface area contributed by atoms with E-state index in [1.807, 2.05) is 26.8 Å². The highest BCUT2D eigenvalue weighted by molar-refractivity contribution is 6.51. The van der Waals surface area contributed by atoms with Crippen molar-refractivity contribution >= 4 is 23.1 Å². The number of aliphatic hydroxyl groups excluding tert-OH is 1. The van der Waals surface area contributed by atoms with Gasteiger partial charge in [-0.3, -0.25) is 14.5 Å². The van der Waals surface area contributed by atoms with Gasteiger partial charge in [0.05, 0.1) is 36.0 Å². The molecule has 1 amide bonds. The molecule has 0 aromatic heterocycles. The lowest BCUT2D eigenvalue weighted by atomic mass is 9.95. The van der Waals surface area contributed by atoms with Crippen LogP contribution in [0.2, 0.25) is 0 Å². The molecule has 1 N–H and O–H groups in total. The number of nitrogens with zero attached hydrogens (tertiary/aromatic N) is 2. The number of hydrogen-bond acceptors (Lipinski definition) is 6. The van der Waals surface area contributed by atoms with Crippen LogP contribution in [0.25, 0.3) is 5.76 Å². The molecule has 0 radical (unpaired) electrons. The molecule has 182 valence electrons. The van der Waals surface area contributed by atoms with Gasteiger partial charge in [0.2, 0.25) is 0 Å². The normalized spacial score (nSPS) is 16.8. The number of ether oxygens (including phenoxy) is 2. The van der Waals surface area contributed by atoms with Crippen LogP contribution in [0.5, 0.6) is 11.5 Å². The predicted molar refractivity (Wildman–Crippen MR) is 136 cm³/mol. The van der Waals surface area contributed by atoms with Crippen LogP contribution in [-0.2, 0) is 9.59 Å². The van der Waals surface area contributed by atoms with E-state index in [9.17, 15) is 14.7 Å². The zero-order valence-corrected chi connectivity index (χ0v) is 20.3. The van der Waals surface area contributed by atoms with Gasteiger partial charge in [0.25, 0.3) is 11.7 Å². The number of nitriles is 1. The monoisotopic (exact) mass is 482 g/mol. The molecule has 7 heteroatoms. The average molecular weight is 483 g/mol. The summed E-state index contributed by atoms with van der Waals surface area (Å²) >= 11 is 0. The Balaban J connectivity index is 1.85. The molecule has 0 bridgehead atoms. The minimum atomic E-state index is -0.877. The Kier molecular flexibility index (Phi) is 7.07. The molecule has 3 aromatic rings. The molecule has 1 saturated heterocycles. The zero-order valence-electron chi connectivity index (χ0n) is 20.3. The van der Waals surface area contributed by atoms with E-state index >= 15 is 0 Å². The van der Waals surface area contributed by atoms with Crippen molar-refractivity contribution in [2.24, 2.45) is 0 Å². The summed E-state index contributed by atoms with van der Waals surface area (Å²) in [4.78, 5) is 27.9. The van der Waals surface area contributed by atoms with Crippen LogP contribution in [-0.4, -0.2) is 29.5 Å². The summed E-state index contributed by atoms with van der Waals surface area (Å²) < 4.78 is 11.2. The van der Waals surface area contributed by atoms with E-state index in [1.165, 1.54) is 4.90 Å². The van der Waals surface area contributed by atoms with Crippen molar-refractivity contribution in [2.45, 2.75) is 32.9 Å². The third kappa shape index (κ3) is 4.80. The summed E-state index contributed by atoms with van der Waals surface area (Å²) in [5.41, 5.74) is 1.86. The van der Waals surface area contributed by atoms with Crippen molar-refractivity contribution < 1.29 is 24.2 Å². The van der Waals surface area contributed by atoms with Gasteiger partial charge in [0.15, 0.2) is 0 Å². The highest BCUT2D eigenvalue weighted by atomic mass is 16.5. The molecule has 1 atom stereocenters. The molecule has 0 aliphatic carbocycles. The number of hydrogen-bond donors (Lipinski definition) is 1. The third-order valence-electron chi connectivity index (χ3n) is 5.73. The predicted octanol–water partition coefficient (Wildman–Crippen LogP) is 5.37. The van der Waals surface area contributed by atoms with Gasteiger partial charge in [-0.25, -0.2) is 0 Å². The van der Waals surface area contributed by atoms with Gasteiger partial charge in [-0.15, -0.1) is 0 Å². The molecule has 0 saturated carbocycles. The molecule has 0 spiro atoms. The van der Waals surface area contributed by atoms with Gasteiger partial charge in [0, 0.05) is 11.3 Å². The SMILES string of the molecule is CCOc1ccc(/C(O)=C2\C(=O)C(=O)N(c3ccc(C#N)cc3)C2c2ccc(OC(C)C)cc2)cc1. The van der Waals surface area contributed by atoms with E-state index in [2.05, 4.69) is 0 Å². The summed E-state index contributed by atoms with van der Waals surface area (Å²) in [6, 6.07) is 21.3. The van der Waals surface area contributed by atoms with E-state index in [0.29, 0.717) is 40.5 Å². The summed E-state index contributed by atoms with van der Waals surface area (Å²) in [6.45, 7) is 6.21. The Hall–Kier alpha value is -4.57. The maximum Gasteiger partial charge on any atom is 0.300 e. The second kappa shape index (κ2) is 10.4. The molecule has 1 fully saturated rings. The maximum absolute atomic E-state index is 13.3. The number of carbonyl (C=O) groups is 2. The van der Waals surface area contributed by atoms with E-state index in [1.54, 1.807) is 72.8 Å². The number of anilines is 1. The molecule has 1 unspecified atom stereocenters. The molecule has 4 rings (SSSR count). The number of aliphatic hydroxyl groups is 1. The van der Waals surface area contributed by atoms with Crippen molar-refractivity contribution in [1.29, 1.82) is 5.26 Å². The van der Waals surface area contributed by atoms with Gasteiger partial charge < -0.3 is 14.6 Å². The molecule has 3 aromatic carbocycles. The molecule has 1 aliphatic heterocycles. The number of carbonyl (C=O) groups excluding carboxylic acids is 2.